The van der Waals surface area contributed by atoms with Gasteiger partial charge in [-0.1, -0.05) is 129 Å². The van der Waals surface area contributed by atoms with Crippen molar-refractivity contribution in [1.82, 2.24) is 8.90 Å². The maximum absolute atomic E-state index is 13.0. The van der Waals surface area contributed by atoms with E-state index in [1.54, 1.807) is 0 Å². The lowest BCUT2D eigenvalue weighted by Crippen LogP contribution is -2.56. The van der Waals surface area contributed by atoms with Crippen molar-refractivity contribution in [3.8, 4) is 0 Å². The summed E-state index contributed by atoms with van der Waals surface area (Å²) < 4.78 is 24.8. The number of fused-ring (bicyclic) bond motifs is 1. The van der Waals surface area contributed by atoms with Crippen LogP contribution >= 0.6 is 7.83 Å². The van der Waals surface area contributed by atoms with Gasteiger partial charge in [-0.05, 0) is 18.8 Å². The number of aromatic nitrogens is 2. The third kappa shape index (κ3) is 11.5. The van der Waals surface area contributed by atoms with E-state index in [0.717, 1.165) is 38.5 Å². The van der Waals surface area contributed by atoms with Gasteiger partial charge >= 0.3 is 19.6 Å². The van der Waals surface area contributed by atoms with Gasteiger partial charge in [0.05, 0.1) is 0 Å². The summed E-state index contributed by atoms with van der Waals surface area (Å²) in [6.07, 6.45) is 23.9. The van der Waals surface area contributed by atoms with Crippen LogP contribution in [0.15, 0.2) is 19.6 Å². The molecule has 1 aromatic rings. The van der Waals surface area contributed by atoms with Gasteiger partial charge in [0.25, 0.3) is 5.56 Å². The second kappa shape index (κ2) is 19.0. The Labute approximate surface area is 233 Å². The number of amides is 2. The van der Waals surface area contributed by atoms with Crippen LogP contribution in [0.25, 0.3) is 0 Å². The Morgan fingerprint density at radius 1 is 0.641 bits per heavy atom. The van der Waals surface area contributed by atoms with Crippen molar-refractivity contribution in [3.63, 3.8) is 0 Å². The first-order valence-corrected chi connectivity index (χ1v) is 16.6. The minimum Gasteiger partial charge on any atom is -0.275 e. The summed E-state index contributed by atoms with van der Waals surface area (Å²) in [6.45, 7) is 4.68. The molecular weight excluding hydrogens is 515 g/mol. The Hall–Kier alpha value is -2.15. The van der Waals surface area contributed by atoms with Crippen molar-refractivity contribution in [3.05, 3.63) is 31.7 Å². The highest BCUT2D eigenvalue weighted by molar-refractivity contribution is 7.28. The Balaban J connectivity index is 2.01. The summed E-state index contributed by atoms with van der Waals surface area (Å²) in [7, 11) is -3.49. The van der Waals surface area contributed by atoms with Crippen LogP contribution in [0.2, 0.25) is 0 Å². The average Bonchev–Trinajstić information content (AvgIpc) is 3.30. The van der Waals surface area contributed by atoms with Crippen molar-refractivity contribution in [2.24, 2.45) is 15.9 Å². The number of urea groups is 1. The van der Waals surface area contributed by atoms with Crippen LogP contribution < -0.4 is 22.1 Å². The fourth-order valence-electron chi connectivity index (χ4n) is 5.42. The molecule has 0 spiro atoms. The van der Waals surface area contributed by atoms with Gasteiger partial charge in [0.15, 0.2) is 10.8 Å². The Morgan fingerprint density at radius 2 is 1.08 bits per heavy atom. The molecule has 9 nitrogen and oxygen atoms in total. The van der Waals surface area contributed by atoms with Crippen LogP contribution in [0.3, 0.4) is 0 Å². The summed E-state index contributed by atoms with van der Waals surface area (Å²) in [4.78, 5) is 44.7. The van der Waals surface area contributed by atoms with Crippen LogP contribution in [-0.2, 0) is 15.7 Å². The Bertz CT molecular complexity index is 1190. The molecule has 2 heterocycles. The summed E-state index contributed by atoms with van der Waals surface area (Å²) in [6, 6.07) is -0.886. The lowest BCUT2D eigenvalue weighted by molar-refractivity contribution is 0.256. The molecule has 0 aliphatic carbocycles. The highest BCUT2D eigenvalue weighted by atomic mass is 31.1. The molecule has 2 amide bonds. The van der Waals surface area contributed by atoms with Gasteiger partial charge < -0.3 is 0 Å². The Kier molecular flexibility index (Phi) is 16.1. The summed E-state index contributed by atoms with van der Waals surface area (Å²) >= 11 is 0. The van der Waals surface area contributed by atoms with E-state index >= 15 is 0 Å². The lowest BCUT2D eigenvalue weighted by atomic mass is 9.93. The topological polar surface area (TPSA) is 120 Å². The molecule has 0 bridgehead atoms. The molecule has 0 saturated carbocycles. The number of nitrogens with zero attached hydrogens (tertiary/aromatic N) is 4. The highest BCUT2D eigenvalue weighted by Crippen LogP contribution is 2.21. The standard InChI is InChI=1S/C29H49N4O5P/c1-3-5-7-9-11-13-14-16-18-20-22-24(21-19-17-15-12-10-8-6-4-2)23-32-26-25(30-28(35)31-26)27(34)33(29(32)36)39(37)38/h24H,3-23H2,1-2H3. The van der Waals surface area contributed by atoms with Crippen LogP contribution in [0.1, 0.15) is 142 Å². The van der Waals surface area contributed by atoms with Crippen LogP contribution in [0.5, 0.6) is 0 Å². The maximum atomic E-state index is 13.0. The number of hydrogen-bond acceptors (Lipinski definition) is 5. The normalized spacial score (nSPS) is 13.2. The molecule has 0 N–H and O–H groups in total. The predicted molar refractivity (Wildman–Crippen MR) is 154 cm³/mol. The monoisotopic (exact) mass is 564 g/mol. The molecular formula is C29H49N4O5P. The van der Waals surface area contributed by atoms with E-state index in [1.165, 1.54) is 94.5 Å². The molecule has 0 radical (unpaired) electrons. The number of unbranched alkanes of at least 4 members (excludes halogenated alkanes) is 16. The Morgan fingerprint density at radius 3 is 1.51 bits per heavy atom. The van der Waals surface area contributed by atoms with Gasteiger partial charge in [-0.25, -0.2) is 18.7 Å². The summed E-state index contributed by atoms with van der Waals surface area (Å²) in [5.41, 5.74) is -2.18. The summed E-state index contributed by atoms with van der Waals surface area (Å²) in [5.74, 6) is 0.127. The van der Waals surface area contributed by atoms with Gasteiger partial charge in [0.1, 0.15) is 0 Å². The van der Waals surface area contributed by atoms with Crippen molar-refractivity contribution in [2.45, 2.75) is 149 Å². The molecule has 1 aromatic heterocycles. The molecule has 220 valence electrons. The van der Waals surface area contributed by atoms with E-state index in [4.69, 9.17) is 0 Å². The van der Waals surface area contributed by atoms with Crippen molar-refractivity contribution in [1.29, 1.82) is 0 Å². The zero-order chi connectivity index (χ0) is 28.5. The molecule has 10 heteroatoms. The smallest absolute Gasteiger partial charge is 0.275 e. The SMILES string of the molecule is CCCCCCCCCCCCC(CCCCCCCCCC)Cn1c2c(c(=O)n(P(=O)=O)c1=O)=NC(=O)N=2. The molecule has 39 heavy (non-hydrogen) atoms. The van der Waals surface area contributed by atoms with E-state index in [9.17, 15) is 23.5 Å². The van der Waals surface area contributed by atoms with Crippen LogP contribution in [-0.4, -0.2) is 14.9 Å². The van der Waals surface area contributed by atoms with Crippen molar-refractivity contribution >= 4 is 13.9 Å². The average molecular weight is 565 g/mol. The first kappa shape index (κ1) is 33.1. The predicted octanol–water partition coefficient (Wildman–Crippen LogP) is 6.78. The van der Waals surface area contributed by atoms with E-state index in [2.05, 4.69) is 23.8 Å². The molecule has 0 saturated heterocycles. The van der Waals surface area contributed by atoms with Gasteiger partial charge in [-0.2, -0.15) is 9.98 Å². The van der Waals surface area contributed by atoms with Gasteiger partial charge in [0, 0.05) is 6.54 Å². The fraction of sp³-hybridized carbons (Fsp3) is 0.828. The molecule has 1 aliphatic rings. The van der Waals surface area contributed by atoms with E-state index < -0.39 is 25.1 Å². The zero-order valence-corrected chi connectivity index (χ0v) is 25.1. The fourth-order valence-corrected chi connectivity index (χ4v) is 5.91. The molecule has 2 rings (SSSR count). The second-order valence-electron chi connectivity index (χ2n) is 11.0. The van der Waals surface area contributed by atoms with Gasteiger partial charge in [0.2, 0.25) is 0 Å². The van der Waals surface area contributed by atoms with Crippen molar-refractivity contribution < 1.29 is 13.9 Å². The van der Waals surface area contributed by atoms with E-state index in [0.29, 0.717) is 0 Å². The van der Waals surface area contributed by atoms with E-state index in [-0.39, 0.29) is 27.6 Å². The first-order chi connectivity index (χ1) is 18.9. The molecule has 1 atom stereocenters. The maximum Gasteiger partial charge on any atom is 0.438 e. The lowest BCUT2D eigenvalue weighted by Gasteiger charge is -2.18. The second-order valence-corrected chi connectivity index (χ2v) is 11.9. The number of carbonyl (C=O) groups excluding carboxylic acids is 1. The number of rotatable bonds is 23. The van der Waals surface area contributed by atoms with Crippen LogP contribution in [0, 0.1) is 5.92 Å². The van der Waals surface area contributed by atoms with E-state index in [1.807, 2.05) is 0 Å². The minimum absolute atomic E-state index is 0.105. The van der Waals surface area contributed by atoms with Crippen LogP contribution in [0.4, 0.5) is 4.79 Å². The number of hydrogen-bond donors (Lipinski definition) is 0. The largest absolute Gasteiger partial charge is 0.438 e. The molecule has 1 aliphatic heterocycles. The molecule has 1 unspecified atom stereocenters. The molecule has 0 fully saturated rings. The number of carbonyl (C=O) groups is 1. The van der Waals surface area contributed by atoms with Crippen molar-refractivity contribution in [2.75, 3.05) is 0 Å². The zero-order valence-electron chi connectivity index (χ0n) is 24.2. The highest BCUT2D eigenvalue weighted by Gasteiger charge is 2.22. The van der Waals surface area contributed by atoms with Gasteiger partial charge in [-0.3, -0.25) is 9.36 Å². The first-order valence-electron chi connectivity index (χ1n) is 15.4. The van der Waals surface area contributed by atoms with Gasteiger partial charge in [-0.15, -0.1) is 4.34 Å². The summed E-state index contributed by atoms with van der Waals surface area (Å²) in [5, 5.41) is -0.358. The minimum atomic E-state index is -3.49. The third-order valence-electron chi connectivity index (χ3n) is 7.72. The molecule has 0 aromatic carbocycles. The quantitative estimate of drug-likeness (QED) is 0.107. The third-order valence-corrected chi connectivity index (χ3v) is 8.40.